The number of halogens is 1. The Morgan fingerprint density at radius 1 is 1.23 bits per heavy atom. The van der Waals surface area contributed by atoms with E-state index in [0.717, 1.165) is 16.3 Å². The number of carbonyl (C=O) groups is 1. The fraction of sp³-hybridized carbons (Fsp3) is 0.100. The highest BCUT2D eigenvalue weighted by atomic mass is 35.5. The fourth-order valence-corrected chi connectivity index (χ4v) is 2.59. The molecule has 1 amide bonds. The molecular weight excluding hydrogens is 352 g/mol. The average Bonchev–Trinajstić information content (AvgIpc) is 2.64. The zero-order chi connectivity index (χ0) is 18.5. The van der Waals surface area contributed by atoms with Crippen LogP contribution in [0.1, 0.15) is 11.1 Å². The number of hydrazone groups is 1. The van der Waals surface area contributed by atoms with Gasteiger partial charge in [-0.25, -0.2) is 5.43 Å². The molecule has 0 saturated heterocycles. The van der Waals surface area contributed by atoms with Crippen molar-refractivity contribution in [2.24, 2.45) is 5.10 Å². The predicted molar refractivity (Wildman–Crippen MR) is 103 cm³/mol. The van der Waals surface area contributed by atoms with Crippen LogP contribution in [0.4, 0.5) is 0 Å². The summed E-state index contributed by atoms with van der Waals surface area (Å²) in [4.78, 5) is 11.9. The minimum absolute atomic E-state index is 0.0922. The molecule has 0 unspecified atom stereocenters. The van der Waals surface area contributed by atoms with Gasteiger partial charge in [-0.15, -0.1) is 0 Å². The molecule has 6 heteroatoms. The molecule has 3 aromatic rings. The minimum Gasteiger partial charge on any atom is -0.507 e. The molecule has 5 nitrogen and oxygen atoms in total. The number of hydrogen-bond donors (Lipinski definition) is 2. The van der Waals surface area contributed by atoms with Crippen molar-refractivity contribution in [3.63, 3.8) is 0 Å². The summed E-state index contributed by atoms with van der Waals surface area (Å²) in [7, 11) is 0. The monoisotopic (exact) mass is 368 g/mol. The molecule has 0 spiro atoms. The second-order valence-corrected chi connectivity index (χ2v) is 6.12. The first-order chi connectivity index (χ1) is 12.5. The van der Waals surface area contributed by atoms with Crippen LogP contribution in [0.25, 0.3) is 10.8 Å². The standard InChI is InChI=1S/C20H17ClN2O3/c1-13-10-15(7-8-18(13)21)26-12-20(25)23-22-11-17-16-5-3-2-4-14(16)6-9-19(17)24/h2-11,24H,12H2,1H3,(H,23,25)/b22-11-. The predicted octanol–water partition coefficient (Wildman–Crippen LogP) is 4.04. The second kappa shape index (κ2) is 7.89. The van der Waals surface area contributed by atoms with Gasteiger partial charge in [-0.3, -0.25) is 4.79 Å². The Labute approximate surface area is 155 Å². The maximum absolute atomic E-state index is 11.9. The lowest BCUT2D eigenvalue weighted by Crippen LogP contribution is -2.24. The smallest absolute Gasteiger partial charge is 0.277 e. The van der Waals surface area contributed by atoms with E-state index in [9.17, 15) is 9.90 Å². The van der Waals surface area contributed by atoms with E-state index >= 15 is 0 Å². The number of fused-ring (bicyclic) bond motifs is 1. The first-order valence-corrected chi connectivity index (χ1v) is 8.34. The molecule has 0 radical (unpaired) electrons. The van der Waals surface area contributed by atoms with E-state index in [1.807, 2.05) is 37.3 Å². The van der Waals surface area contributed by atoms with E-state index < -0.39 is 5.91 Å². The van der Waals surface area contributed by atoms with Gasteiger partial charge in [0.15, 0.2) is 6.61 Å². The van der Waals surface area contributed by atoms with Crippen LogP contribution in [0.15, 0.2) is 59.7 Å². The van der Waals surface area contributed by atoms with Crippen LogP contribution in [0.5, 0.6) is 11.5 Å². The summed E-state index contributed by atoms with van der Waals surface area (Å²) in [5.41, 5.74) is 3.80. The van der Waals surface area contributed by atoms with Crippen molar-refractivity contribution in [3.05, 3.63) is 70.7 Å². The van der Waals surface area contributed by atoms with Crippen LogP contribution < -0.4 is 10.2 Å². The lowest BCUT2D eigenvalue weighted by molar-refractivity contribution is -0.123. The molecule has 0 atom stereocenters. The van der Waals surface area contributed by atoms with Gasteiger partial charge in [0.1, 0.15) is 11.5 Å². The Morgan fingerprint density at radius 3 is 2.85 bits per heavy atom. The molecule has 0 aromatic heterocycles. The normalized spacial score (nSPS) is 11.0. The van der Waals surface area contributed by atoms with Crippen molar-refractivity contribution in [1.82, 2.24) is 5.43 Å². The largest absolute Gasteiger partial charge is 0.507 e. The van der Waals surface area contributed by atoms with E-state index in [4.69, 9.17) is 16.3 Å². The summed E-state index contributed by atoms with van der Waals surface area (Å²) in [5.74, 6) is 0.237. The van der Waals surface area contributed by atoms with Crippen LogP contribution in [0, 0.1) is 6.92 Å². The van der Waals surface area contributed by atoms with Crippen LogP contribution >= 0.6 is 11.6 Å². The van der Waals surface area contributed by atoms with E-state index in [1.54, 1.807) is 24.3 Å². The zero-order valence-electron chi connectivity index (χ0n) is 14.1. The number of phenols is 1. The van der Waals surface area contributed by atoms with Crippen molar-refractivity contribution in [1.29, 1.82) is 0 Å². The molecule has 3 rings (SSSR count). The Kier molecular flexibility index (Phi) is 5.39. The van der Waals surface area contributed by atoms with E-state index in [-0.39, 0.29) is 12.4 Å². The number of carbonyl (C=O) groups excluding carboxylic acids is 1. The zero-order valence-corrected chi connectivity index (χ0v) is 14.8. The average molecular weight is 369 g/mol. The number of aryl methyl sites for hydroxylation is 1. The molecule has 0 fully saturated rings. The number of nitrogens with zero attached hydrogens (tertiary/aromatic N) is 1. The first-order valence-electron chi connectivity index (χ1n) is 7.96. The molecule has 0 saturated carbocycles. The van der Waals surface area contributed by atoms with E-state index in [0.29, 0.717) is 16.3 Å². The maximum Gasteiger partial charge on any atom is 0.277 e. The van der Waals surface area contributed by atoms with E-state index in [2.05, 4.69) is 10.5 Å². The van der Waals surface area contributed by atoms with Crippen LogP contribution in [0.2, 0.25) is 5.02 Å². The van der Waals surface area contributed by atoms with Gasteiger partial charge in [0.25, 0.3) is 5.91 Å². The SMILES string of the molecule is Cc1cc(OCC(=O)N/N=C\c2c(O)ccc3ccccc23)ccc1Cl. The van der Waals surface area contributed by atoms with Gasteiger partial charge in [0.2, 0.25) is 0 Å². The lowest BCUT2D eigenvalue weighted by atomic mass is 10.0. The molecule has 3 aromatic carbocycles. The quantitative estimate of drug-likeness (QED) is 0.527. The summed E-state index contributed by atoms with van der Waals surface area (Å²) >= 11 is 5.95. The van der Waals surface area contributed by atoms with Crippen molar-refractivity contribution in [2.45, 2.75) is 6.92 Å². The van der Waals surface area contributed by atoms with Gasteiger partial charge in [0.05, 0.1) is 6.21 Å². The molecule has 26 heavy (non-hydrogen) atoms. The summed E-state index contributed by atoms with van der Waals surface area (Å²) in [6.07, 6.45) is 1.42. The molecular formula is C20H17ClN2O3. The number of amides is 1. The van der Waals surface area contributed by atoms with Gasteiger partial charge in [0, 0.05) is 10.6 Å². The Bertz CT molecular complexity index is 986. The Balaban J connectivity index is 1.62. The Morgan fingerprint density at radius 2 is 2.04 bits per heavy atom. The molecule has 0 bridgehead atoms. The van der Waals surface area contributed by atoms with Gasteiger partial charge < -0.3 is 9.84 Å². The summed E-state index contributed by atoms with van der Waals surface area (Å²) in [5, 5.41) is 16.4. The number of nitrogens with one attached hydrogen (secondary N) is 1. The topological polar surface area (TPSA) is 70.9 Å². The van der Waals surface area contributed by atoms with Crippen molar-refractivity contribution >= 4 is 34.5 Å². The number of phenolic OH excluding ortho intramolecular Hbond substituents is 1. The summed E-state index contributed by atoms with van der Waals surface area (Å²) < 4.78 is 5.41. The highest BCUT2D eigenvalue weighted by molar-refractivity contribution is 6.31. The van der Waals surface area contributed by atoms with Crippen molar-refractivity contribution in [3.8, 4) is 11.5 Å². The van der Waals surface area contributed by atoms with Gasteiger partial charge in [-0.05, 0) is 47.5 Å². The van der Waals surface area contributed by atoms with Crippen LogP contribution in [0.3, 0.4) is 0 Å². The number of aromatic hydroxyl groups is 1. The van der Waals surface area contributed by atoms with Crippen LogP contribution in [-0.4, -0.2) is 23.8 Å². The number of benzene rings is 3. The van der Waals surface area contributed by atoms with Crippen LogP contribution in [-0.2, 0) is 4.79 Å². The highest BCUT2D eigenvalue weighted by Gasteiger charge is 2.06. The van der Waals surface area contributed by atoms with Crippen molar-refractivity contribution < 1.29 is 14.6 Å². The third-order valence-electron chi connectivity index (χ3n) is 3.83. The van der Waals surface area contributed by atoms with Gasteiger partial charge in [-0.2, -0.15) is 5.10 Å². The summed E-state index contributed by atoms with van der Waals surface area (Å²) in [6, 6.07) is 16.2. The van der Waals surface area contributed by atoms with Crippen molar-refractivity contribution in [2.75, 3.05) is 6.61 Å². The Hall–Kier alpha value is -3.05. The number of rotatable bonds is 5. The second-order valence-electron chi connectivity index (χ2n) is 5.71. The third-order valence-corrected chi connectivity index (χ3v) is 4.25. The summed E-state index contributed by atoms with van der Waals surface area (Å²) in [6.45, 7) is 1.68. The molecule has 0 aliphatic rings. The first kappa shape index (κ1) is 17.8. The van der Waals surface area contributed by atoms with Gasteiger partial charge in [-0.1, -0.05) is 41.9 Å². The highest BCUT2D eigenvalue weighted by Crippen LogP contribution is 2.25. The lowest BCUT2D eigenvalue weighted by Gasteiger charge is -2.07. The molecule has 2 N–H and O–H groups in total. The molecule has 132 valence electrons. The van der Waals surface area contributed by atoms with E-state index in [1.165, 1.54) is 6.21 Å². The number of ether oxygens (including phenoxy) is 1. The third kappa shape index (κ3) is 4.13. The fourth-order valence-electron chi connectivity index (χ4n) is 2.48. The molecule has 0 heterocycles. The minimum atomic E-state index is -0.409. The number of hydrogen-bond acceptors (Lipinski definition) is 4. The maximum atomic E-state index is 11.9. The van der Waals surface area contributed by atoms with Gasteiger partial charge >= 0.3 is 0 Å². The molecule has 0 aliphatic carbocycles. The molecule has 0 aliphatic heterocycles.